The van der Waals surface area contributed by atoms with Crippen LogP contribution in [0.4, 0.5) is 0 Å². The van der Waals surface area contributed by atoms with Crippen molar-refractivity contribution < 1.29 is 24.5 Å². The van der Waals surface area contributed by atoms with Crippen molar-refractivity contribution in [3.05, 3.63) is 162 Å². The molecule has 1 radical (unpaired) electrons. The Bertz CT molecular complexity index is 2950. The fraction of sp³-hybridized carbons (Fsp3) is 0.255. The molecule has 0 atom stereocenters. The van der Waals surface area contributed by atoms with Gasteiger partial charge in [0.05, 0.1) is 30.5 Å². The predicted molar refractivity (Wildman–Crippen MR) is 259 cm³/mol. The van der Waals surface area contributed by atoms with E-state index in [9.17, 15) is 0 Å². The van der Waals surface area contributed by atoms with Gasteiger partial charge in [-0.25, -0.2) is 0 Å². The van der Waals surface area contributed by atoms with Crippen LogP contribution in [-0.2, 0) is 26.5 Å². The molecule has 0 N–H and O–H groups in total. The zero-order valence-electron chi connectivity index (χ0n) is 37.6. The zero-order chi connectivity index (χ0) is 43.0. The molecule has 0 saturated heterocycles. The number of fused-ring (bicyclic) bond motifs is 4. The summed E-state index contributed by atoms with van der Waals surface area (Å²) < 4.78 is 8.86. The third kappa shape index (κ3) is 9.03. The fourth-order valence-corrected chi connectivity index (χ4v) is 10.0. The third-order valence-corrected chi connectivity index (χ3v) is 13.5. The summed E-state index contributed by atoms with van der Waals surface area (Å²) in [6.45, 7) is 22.8. The summed E-state index contributed by atoms with van der Waals surface area (Å²) in [4.78, 5) is 14.5. The van der Waals surface area contributed by atoms with Crippen LogP contribution < -0.4 is 5.19 Å². The van der Waals surface area contributed by atoms with Crippen molar-refractivity contribution in [3.63, 3.8) is 0 Å². The minimum atomic E-state index is -1.34. The summed E-state index contributed by atoms with van der Waals surface area (Å²) in [5.74, 6) is 2.08. The number of nitrogens with zero attached hydrogens (tertiary/aromatic N) is 4. The molecule has 9 aromatic rings. The SMILES string of the molecule is CC(C)Cc1cc(-c2[c-]cccc2)ncc1[Si](C)(C)C.Cc1cc2oc3c(-c4nc5ccccc5n4-c4c(C(C)C)cc(-c5ccccc5)cc4C(C)C)[c-]ccc3c2cn1.[Ir]. The Labute approximate surface area is 382 Å². The predicted octanol–water partition coefficient (Wildman–Crippen LogP) is 14.3. The molecule has 9 rings (SSSR count). The number of pyridine rings is 2. The Hall–Kier alpha value is -5.46. The van der Waals surface area contributed by atoms with E-state index in [0.29, 0.717) is 17.8 Å². The minimum absolute atomic E-state index is 0. The Morgan fingerprint density at radius 3 is 2.05 bits per heavy atom. The number of benzene rings is 5. The first kappa shape index (κ1) is 44.6. The van der Waals surface area contributed by atoms with Gasteiger partial charge in [0.25, 0.3) is 0 Å². The number of imidazole rings is 1. The Morgan fingerprint density at radius 1 is 0.694 bits per heavy atom. The maximum absolute atomic E-state index is 6.51. The van der Waals surface area contributed by atoms with Gasteiger partial charge in [-0.2, -0.15) is 0 Å². The maximum atomic E-state index is 6.51. The number of hydrogen-bond donors (Lipinski definition) is 0. The van der Waals surface area contributed by atoms with Crippen LogP contribution in [0.1, 0.15) is 75.8 Å². The second-order valence-corrected chi connectivity index (χ2v) is 23.3. The number of rotatable bonds is 9. The molecule has 0 saturated carbocycles. The molecule has 4 aromatic heterocycles. The van der Waals surface area contributed by atoms with Crippen LogP contribution in [0.3, 0.4) is 0 Å². The monoisotopic (exact) mass is 1010 g/mol. The first-order valence-corrected chi connectivity index (χ1v) is 25.2. The molecule has 5 aromatic carbocycles. The average Bonchev–Trinajstić information content (AvgIpc) is 3.81. The van der Waals surface area contributed by atoms with Gasteiger partial charge in [0.2, 0.25) is 0 Å². The Morgan fingerprint density at radius 2 is 1.39 bits per heavy atom. The summed E-state index contributed by atoms with van der Waals surface area (Å²) in [6, 6.07) is 46.9. The quantitative estimate of drug-likeness (QED) is 0.107. The van der Waals surface area contributed by atoms with Gasteiger partial charge < -0.3 is 14.0 Å². The van der Waals surface area contributed by atoms with Gasteiger partial charge in [-0.05, 0) is 88.5 Å². The molecule has 0 bridgehead atoms. The van der Waals surface area contributed by atoms with Crippen LogP contribution in [0.5, 0.6) is 0 Å². The third-order valence-electron chi connectivity index (χ3n) is 11.4. The molecule has 317 valence electrons. The molecule has 0 aliphatic heterocycles. The first-order valence-electron chi connectivity index (χ1n) is 21.7. The summed E-state index contributed by atoms with van der Waals surface area (Å²) in [6.07, 6.45) is 5.14. The van der Waals surface area contributed by atoms with E-state index >= 15 is 0 Å². The van der Waals surface area contributed by atoms with E-state index in [1.165, 1.54) is 38.7 Å². The minimum Gasteiger partial charge on any atom is -0.500 e. The Kier molecular flexibility index (Phi) is 13.3. The maximum Gasteiger partial charge on any atom is 0.124 e. The van der Waals surface area contributed by atoms with Crippen LogP contribution in [0.15, 0.2) is 132 Å². The number of aryl methyl sites for hydroxylation is 1. The number of aromatic nitrogens is 4. The van der Waals surface area contributed by atoms with E-state index in [1.807, 2.05) is 43.5 Å². The molecule has 7 heteroatoms. The van der Waals surface area contributed by atoms with Gasteiger partial charge in [0.1, 0.15) is 5.58 Å². The van der Waals surface area contributed by atoms with Crippen molar-refractivity contribution in [2.75, 3.05) is 0 Å². The molecule has 4 heterocycles. The van der Waals surface area contributed by atoms with Crippen molar-refractivity contribution in [1.82, 2.24) is 19.5 Å². The molecular weight excluding hydrogens is 953 g/mol. The van der Waals surface area contributed by atoms with E-state index < -0.39 is 8.07 Å². The second kappa shape index (κ2) is 18.5. The molecule has 62 heavy (non-hydrogen) atoms. The summed E-state index contributed by atoms with van der Waals surface area (Å²) >= 11 is 0. The zero-order valence-corrected chi connectivity index (χ0v) is 41.0. The van der Waals surface area contributed by atoms with Gasteiger partial charge in [0, 0.05) is 55.3 Å². The summed E-state index contributed by atoms with van der Waals surface area (Å²) in [5, 5.41) is 3.51. The number of hydrogen-bond acceptors (Lipinski definition) is 4. The molecule has 5 nitrogen and oxygen atoms in total. The number of para-hydroxylation sites is 2. The van der Waals surface area contributed by atoms with Crippen molar-refractivity contribution in [2.24, 2.45) is 5.92 Å². The van der Waals surface area contributed by atoms with Gasteiger partial charge >= 0.3 is 0 Å². The summed E-state index contributed by atoms with van der Waals surface area (Å²) in [7, 11) is -1.34. The molecule has 0 amide bonds. The Balaban J connectivity index is 0.000000233. The van der Waals surface area contributed by atoms with Gasteiger partial charge in [-0.15, -0.1) is 54.1 Å². The van der Waals surface area contributed by atoms with Crippen molar-refractivity contribution in [2.45, 2.75) is 86.4 Å². The van der Waals surface area contributed by atoms with Crippen molar-refractivity contribution in [3.8, 4) is 39.5 Å². The standard InChI is InChI=1S/C37H32N3O.C18H24NSi.Ir/c1-22(2)29-19-26(25-12-7-6-8-13-25)20-30(23(3)4)35(29)40-33-17-10-9-16-32(33)39-37(40)28-15-11-14-27-31-21-38-24(5)18-34(31)41-36(27)28;1-14(2)11-16-12-17(15-9-7-6-8-10-15)19-13-18(16)20(3,4)5;/h6-14,16-23H,1-5H3;6-9,12-14H,11H2,1-5H3;/q2*-1;. The first-order chi connectivity index (χ1) is 29.3. The topological polar surface area (TPSA) is 56.7 Å². The van der Waals surface area contributed by atoms with Crippen LogP contribution in [0.2, 0.25) is 19.6 Å². The second-order valence-electron chi connectivity index (χ2n) is 18.3. The molecule has 0 spiro atoms. The van der Waals surface area contributed by atoms with Gasteiger partial charge in [0.15, 0.2) is 0 Å². The molecule has 0 aliphatic rings. The fourth-order valence-electron chi connectivity index (χ4n) is 8.42. The molecule has 0 fully saturated rings. The van der Waals surface area contributed by atoms with E-state index in [4.69, 9.17) is 9.40 Å². The van der Waals surface area contributed by atoms with Crippen LogP contribution in [0, 0.1) is 25.0 Å². The van der Waals surface area contributed by atoms with E-state index in [0.717, 1.165) is 67.7 Å². The van der Waals surface area contributed by atoms with Crippen molar-refractivity contribution >= 4 is 46.2 Å². The summed E-state index contributed by atoms with van der Waals surface area (Å²) in [5.41, 5.74) is 15.2. The van der Waals surface area contributed by atoms with Gasteiger partial charge in [-0.3, -0.25) is 9.97 Å². The van der Waals surface area contributed by atoms with Crippen LogP contribution >= 0.6 is 0 Å². The van der Waals surface area contributed by atoms with Crippen LogP contribution in [-0.4, -0.2) is 27.6 Å². The average molecular weight is 1010 g/mol. The van der Waals surface area contributed by atoms with E-state index in [-0.39, 0.29) is 20.1 Å². The van der Waals surface area contributed by atoms with Crippen molar-refractivity contribution in [1.29, 1.82) is 0 Å². The largest absolute Gasteiger partial charge is 0.500 e. The molecule has 0 aliphatic carbocycles. The van der Waals surface area contributed by atoms with E-state index in [2.05, 4.69) is 179 Å². The normalized spacial score (nSPS) is 11.8. The number of furan rings is 1. The van der Waals surface area contributed by atoms with E-state index in [1.54, 1.807) is 0 Å². The van der Waals surface area contributed by atoms with Gasteiger partial charge in [-0.1, -0.05) is 126 Å². The van der Waals surface area contributed by atoms with Crippen LogP contribution in [0.25, 0.3) is 72.4 Å². The molecule has 0 unspecified atom stereocenters. The molecular formula is C55H56IrN4OSi-2. The smallest absolute Gasteiger partial charge is 0.124 e.